The van der Waals surface area contributed by atoms with E-state index >= 15 is 0 Å². The maximum Gasteiger partial charge on any atom is 0.164 e. The van der Waals surface area contributed by atoms with Crippen LogP contribution in [-0.4, -0.2) is 15.0 Å². The van der Waals surface area contributed by atoms with E-state index in [1.54, 1.807) is 0 Å². The standard InChI is InChI=1S/C59H37N3S/c1-3-15-38(16-4-1)43-21-11-23-45(35-43)57-60-58(46-24-12-22-44(36-46)39-17-5-2-6-18-39)62-59(61-57)53-37-54-55(51-27-10-9-26-50(51)53)52-30-14-29-49(56(52)63-54)42-33-31-41(32-34-42)48-28-13-20-40-19-7-8-25-47(40)48/h1-37H. The van der Waals surface area contributed by atoms with Gasteiger partial charge in [0, 0.05) is 36.9 Å². The number of rotatable bonds is 7. The van der Waals surface area contributed by atoms with E-state index in [0.717, 1.165) is 44.3 Å². The summed E-state index contributed by atoms with van der Waals surface area (Å²) in [6.45, 7) is 0. The zero-order valence-corrected chi connectivity index (χ0v) is 34.9. The van der Waals surface area contributed by atoms with E-state index in [0.29, 0.717) is 17.5 Å². The Morgan fingerprint density at radius 2 is 0.730 bits per heavy atom. The van der Waals surface area contributed by atoms with E-state index in [-0.39, 0.29) is 0 Å². The van der Waals surface area contributed by atoms with Crippen LogP contribution in [0.1, 0.15) is 0 Å². The van der Waals surface area contributed by atoms with Gasteiger partial charge in [0.05, 0.1) is 0 Å². The van der Waals surface area contributed by atoms with Gasteiger partial charge in [-0.15, -0.1) is 11.3 Å². The highest BCUT2D eigenvalue weighted by Gasteiger charge is 2.20. The first-order valence-corrected chi connectivity index (χ1v) is 22.1. The topological polar surface area (TPSA) is 38.7 Å². The van der Waals surface area contributed by atoms with Crippen molar-refractivity contribution in [1.29, 1.82) is 0 Å². The fraction of sp³-hybridized carbons (Fsp3) is 0. The molecular formula is C59H37N3S. The van der Waals surface area contributed by atoms with Crippen molar-refractivity contribution in [3.63, 3.8) is 0 Å². The molecule has 0 atom stereocenters. The Kier molecular flexibility index (Phi) is 9.02. The molecule has 2 aromatic heterocycles. The van der Waals surface area contributed by atoms with Crippen molar-refractivity contribution in [2.45, 2.75) is 0 Å². The van der Waals surface area contributed by atoms with Gasteiger partial charge in [0.1, 0.15) is 0 Å². The summed E-state index contributed by atoms with van der Waals surface area (Å²) >= 11 is 1.84. The average molecular weight is 820 g/mol. The molecule has 0 aliphatic carbocycles. The van der Waals surface area contributed by atoms with Crippen molar-refractivity contribution in [3.05, 3.63) is 224 Å². The van der Waals surface area contributed by atoms with Gasteiger partial charge in [-0.2, -0.15) is 0 Å². The highest BCUT2D eigenvalue weighted by atomic mass is 32.1. The zero-order valence-electron chi connectivity index (χ0n) is 34.1. The summed E-state index contributed by atoms with van der Waals surface area (Å²) in [6.07, 6.45) is 0. The first kappa shape index (κ1) is 36.8. The Hall–Kier alpha value is -8.05. The Morgan fingerprint density at radius 1 is 0.270 bits per heavy atom. The molecule has 0 unspecified atom stereocenters. The van der Waals surface area contributed by atoms with E-state index in [1.807, 2.05) is 23.5 Å². The zero-order chi connectivity index (χ0) is 41.7. The Bertz CT molecular complexity index is 3560. The van der Waals surface area contributed by atoms with E-state index in [4.69, 9.17) is 15.0 Å². The van der Waals surface area contributed by atoms with Crippen LogP contribution >= 0.6 is 11.3 Å². The van der Waals surface area contributed by atoms with Gasteiger partial charge in [-0.05, 0) is 84.3 Å². The molecule has 0 fully saturated rings. The number of hydrogen-bond donors (Lipinski definition) is 0. The van der Waals surface area contributed by atoms with Crippen molar-refractivity contribution in [2.75, 3.05) is 0 Å². The van der Waals surface area contributed by atoms with Gasteiger partial charge in [0.2, 0.25) is 0 Å². The van der Waals surface area contributed by atoms with Gasteiger partial charge in [0.25, 0.3) is 0 Å². The molecule has 4 heteroatoms. The number of nitrogens with zero attached hydrogens (tertiary/aromatic N) is 3. The van der Waals surface area contributed by atoms with Crippen LogP contribution in [0.3, 0.4) is 0 Å². The van der Waals surface area contributed by atoms with Gasteiger partial charge in [0.15, 0.2) is 17.5 Å². The summed E-state index contributed by atoms with van der Waals surface area (Å²) in [5, 5.41) is 7.31. The lowest BCUT2D eigenvalue weighted by Gasteiger charge is -2.12. The van der Waals surface area contributed by atoms with Crippen molar-refractivity contribution >= 4 is 53.1 Å². The van der Waals surface area contributed by atoms with Crippen molar-refractivity contribution < 1.29 is 0 Å². The highest BCUT2D eigenvalue weighted by Crippen LogP contribution is 2.46. The Balaban J connectivity index is 1.03. The summed E-state index contributed by atoms with van der Waals surface area (Å²) in [6, 6.07) is 79.9. The molecule has 10 aromatic carbocycles. The number of thiophene rings is 1. The van der Waals surface area contributed by atoms with E-state index in [1.165, 1.54) is 58.6 Å². The molecule has 0 saturated carbocycles. The third-order valence-electron chi connectivity index (χ3n) is 12.1. The molecule has 0 N–H and O–H groups in total. The van der Waals surface area contributed by atoms with Crippen molar-refractivity contribution in [3.8, 4) is 78.7 Å². The summed E-state index contributed by atoms with van der Waals surface area (Å²) in [4.78, 5) is 15.9. The van der Waals surface area contributed by atoms with Crippen LogP contribution in [0.4, 0.5) is 0 Å². The third kappa shape index (κ3) is 6.65. The molecule has 0 spiro atoms. The van der Waals surface area contributed by atoms with Gasteiger partial charge in [-0.25, -0.2) is 15.0 Å². The average Bonchev–Trinajstić information content (AvgIpc) is 3.76. The van der Waals surface area contributed by atoms with Gasteiger partial charge >= 0.3 is 0 Å². The maximum absolute atomic E-state index is 5.33. The molecular weight excluding hydrogens is 783 g/mol. The second kappa shape index (κ2) is 15.4. The van der Waals surface area contributed by atoms with Crippen LogP contribution in [0, 0.1) is 0 Å². The lowest BCUT2D eigenvalue weighted by molar-refractivity contribution is 1.08. The minimum atomic E-state index is 0.632. The Labute approximate surface area is 369 Å². The number of fused-ring (bicyclic) bond motifs is 6. The van der Waals surface area contributed by atoms with E-state index in [2.05, 4.69) is 212 Å². The van der Waals surface area contributed by atoms with Crippen molar-refractivity contribution in [1.82, 2.24) is 15.0 Å². The Morgan fingerprint density at radius 3 is 1.40 bits per heavy atom. The molecule has 294 valence electrons. The fourth-order valence-corrected chi connectivity index (χ4v) is 10.4. The van der Waals surface area contributed by atoms with Gasteiger partial charge in [-0.3, -0.25) is 0 Å². The minimum absolute atomic E-state index is 0.632. The number of benzene rings is 10. The van der Waals surface area contributed by atoms with Crippen LogP contribution in [0.15, 0.2) is 224 Å². The lowest BCUT2D eigenvalue weighted by atomic mass is 9.95. The molecule has 2 heterocycles. The molecule has 0 aliphatic heterocycles. The molecule has 0 bridgehead atoms. The molecule has 3 nitrogen and oxygen atoms in total. The molecule has 12 rings (SSSR count). The van der Waals surface area contributed by atoms with Crippen LogP contribution < -0.4 is 0 Å². The largest absolute Gasteiger partial charge is 0.208 e. The summed E-state index contributed by atoms with van der Waals surface area (Å²) in [5.74, 6) is 1.91. The minimum Gasteiger partial charge on any atom is -0.208 e. The molecule has 0 aliphatic rings. The predicted octanol–water partition coefficient (Wildman–Crippen LogP) is 16.2. The predicted molar refractivity (Wildman–Crippen MR) is 266 cm³/mol. The van der Waals surface area contributed by atoms with Gasteiger partial charge < -0.3 is 0 Å². The molecule has 63 heavy (non-hydrogen) atoms. The first-order valence-electron chi connectivity index (χ1n) is 21.3. The second-order valence-electron chi connectivity index (χ2n) is 15.9. The molecule has 0 radical (unpaired) electrons. The van der Waals surface area contributed by atoms with Gasteiger partial charge in [-0.1, -0.05) is 206 Å². The van der Waals surface area contributed by atoms with E-state index < -0.39 is 0 Å². The monoisotopic (exact) mass is 819 g/mol. The maximum atomic E-state index is 5.33. The number of hydrogen-bond acceptors (Lipinski definition) is 4. The summed E-state index contributed by atoms with van der Waals surface area (Å²) < 4.78 is 2.46. The van der Waals surface area contributed by atoms with E-state index in [9.17, 15) is 0 Å². The first-order chi connectivity index (χ1) is 31.2. The summed E-state index contributed by atoms with van der Waals surface area (Å²) in [5.41, 5.74) is 12.2. The lowest BCUT2D eigenvalue weighted by Crippen LogP contribution is -2.01. The fourth-order valence-electron chi connectivity index (χ4n) is 9.07. The molecule has 0 amide bonds. The molecule has 0 saturated heterocycles. The van der Waals surface area contributed by atoms with Crippen LogP contribution in [0.25, 0.3) is 120 Å². The number of aromatic nitrogens is 3. The van der Waals surface area contributed by atoms with Crippen LogP contribution in [-0.2, 0) is 0 Å². The van der Waals surface area contributed by atoms with Crippen LogP contribution in [0.5, 0.6) is 0 Å². The SMILES string of the molecule is c1ccc(-c2cccc(-c3nc(-c4cccc(-c5ccccc5)c4)nc(-c4cc5sc6c(-c7ccc(-c8cccc9ccccc89)cc7)cccc6c5c5ccccc45)n3)c2)cc1. The second-order valence-corrected chi connectivity index (χ2v) is 17.0. The van der Waals surface area contributed by atoms with Crippen molar-refractivity contribution in [2.24, 2.45) is 0 Å². The third-order valence-corrected chi connectivity index (χ3v) is 13.3. The highest BCUT2D eigenvalue weighted by molar-refractivity contribution is 7.26. The van der Waals surface area contributed by atoms with Crippen LogP contribution in [0.2, 0.25) is 0 Å². The molecule has 12 aromatic rings. The normalized spacial score (nSPS) is 11.5. The summed E-state index contributed by atoms with van der Waals surface area (Å²) in [7, 11) is 0. The smallest absolute Gasteiger partial charge is 0.164 e. The quantitative estimate of drug-likeness (QED) is 0.161.